The zero-order chi connectivity index (χ0) is 24.4. The predicted molar refractivity (Wildman–Crippen MR) is 132 cm³/mol. The summed E-state index contributed by atoms with van der Waals surface area (Å²) >= 11 is 0. The van der Waals surface area contributed by atoms with E-state index in [4.69, 9.17) is 14.8 Å². The van der Waals surface area contributed by atoms with Crippen molar-refractivity contribution in [2.45, 2.75) is 47.5 Å². The van der Waals surface area contributed by atoms with Crippen LogP contribution in [-0.2, 0) is 11.2 Å². The molecule has 0 spiro atoms. The van der Waals surface area contributed by atoms with Gasteiger partial charge >= 0.3 is 0 Å². The van der Waals surface area contributed by atoms with Crippen LogP contribution in [0.3, 0.4) is 0 Å². The van der Waals surface area contributed by atoms with Gasteiger partial charge in [0.1, 0.15) is 5.82 Å². The van der Waals surface area contributed by atoms with E-state index >= 15 is 0 Å². The summed E-state index contributed by atoms with van der Waals surface area (Å²) in [4.78, 5) is 17.5. The van der Waals surface area contributed by atoms with E-state index in [1.807, 2.05) is 57.5 Å². The fourth-order valence-electron chi connectivity index (χ4n) is 4.20. The molecule has 0 atom stereocenters. The van der Waals surface area contributed by atoms with Crippen molar-refractivity contribution in [3.63, 3.8) is 0 Å². The van der Waals surface area contributed by atoms with Gasteiger partial charge in [-0.1, -0.05) is 18.2 Å². The average molecular weight is 461 g/mol. The van der Waals surface area contributed by atoms with Crippen molar-refractivity contribution in [1.29, 1.82) is 0 Å². The van der Waals surface area contributed by atoms with Crippen LogP contribution in [0, 0.1) is 33.5 Å². The SMILES string of the molecule is CCOc1nc2c(c(C)nn2-c2cccc(C)c2)c(C)c1CCC(=O)Nc1cc(F)ccc1C. The third-order valence-electron chi connectivity index (χ3n) is 5.93. The number of halogens is 1. The molecule has 0 fully saturated rings. The number of anilines is 1. The number of amides is 1. The van der Waals surface area contributed by atoms with E-state index in [-0.39, 0.29) is 18.1 Å². The van der Waals surface area contributed by atoms with Crippen molar-refractivity contribution < 1.29 is 13.9 Å². The van der Waals surface area contributed by atoms with Crippen molar-refractivity contribution in [3.8, 4) is 11.6 Å². The first kappa shape index (κ1) is 23.4. The van der Waals surface area contributed by atoms with Gasteiger partial charge in [0.2, 0.25) is 11.8 Å². The maximum Gasteiger partial charge on any atom is 0.224 e. The summed E-state index contributed by atoms with van der Waals surface area (Å²) in [7, 11) is 0. The number of nitrogens with zero attached hydrogens (tertiary/aromatic N) is 3. The summed E-state index contributed by atoms with van der Waals surface area (Å²) in [5.74, 6) is -0.0648. The Morgan fingerprint density at radius 1 is 1.12 bits per heavy atom. The smallest absolute Gasteiger partial charge is 0.224 e. The fourth-order valence-corrected chi connectivity index (χ4v) is 4.20. The Morgan fingerprint density at radius 3 is 2.65 bits per heavy atom. The molecule has 6 nitrogen and oxygen atoms in total. The number of aryl methyl sites for hydroxylation is 4. The first-order valence-corrected chi connectivity index (χ1v) is 11.4. The van der Waals surface area contributed by atoms with E-state index < -0.39 is 0 Å². The number of nitrogens with one attached hydrogen (secondary N) is 1. The maximum atomic E-state index is 13.6. The quantitative estimate of drug-likeness (QED) is 0.381. The molecule has 1 amide bonds. The fraction of sp³-hybridized carbons (Fsp3) is 0.296. The summed E-state index contributed by atoms with van der Waals surface area (Å²) in [6.07, 6.45) is 0.661. The van der Waals surface area contributed by atoms with Gasteiger partial charge in [-0.3, -0.25) is 4.79 Å². The normalized spacial score (nSPS) is 11.1. The molecular weight excluding hydrogens is 431 g/mol. The van der Waals surface area contributed by atoms with Crippen LogP contribution in [0.15, 0.2) is 42.5 Å². The molecular formula is C27H29FN4O2. The van der Waals surface area contributed by atoms with Gasteiger partial charge in [-0.05, 0) is 82.0 Å². The highest BCUT2D eigenvalue weighted by Crippen LogP contribution is 2.32. The van der Waals surface area contributed by atoms with Gasteiger partial charge in [0, 0.05) is 23.1 Å². The van der Waals surface area contributed by atoms with E-state index in [1.54, 1.807) is 6.07 Å². The second-order valence-electron chi connectivity index (χ2n) is 8.50. The number of carbonyl (C=O) groups excluding carboxylic acids is 1. The first-order chi connectivity index (χ1) is 16.3. The zero-order valence-electron chi connectivity index (χ0n) is 20.2. The molecule has 0 aliphatic heterocycles. The molecule has 2 aromatic heterocycles. The predicted octanol–water partition coefficient (Wildman–Crippen LogP) is 5.76. The van der Waals surface area contributed by atoms with Gasteiger partial charge in [0.15, 0.2) is 5.65 Å². The third-order valence-corrected chi connectivity index (χ3v) is 5.93. The Hall–Kier alpha value is -3.74. The average Bonchev–Trinajstić information content (AvgIpc) is 3.12. The Labute approximate surface area is 198 Å². The summed E-state index contributed by atoms with van der Waals surface area (Å²) in [5, 5.41) is 8.53. The molecule has 4 rings (SSSR count). The lowest BCUT2D eigenvalue weighted by atomic mass is 10.0. The van der Waals surface area contributed by atoms with Gasteiger partial charge in [0.25, 0.3) is 0 Å². The number of hydrogen-bond acceptors (Lipinski definition) is 4. The molecule has 4 aromatic rings. The van der Waals surface area contributed by atoms with Gasteiger partial charge in [-0.15, -0.1) is 0 Å². The molecule has 2 aromatic carbocycles. The summed E-state index contributed by atoms with van der Waals surface area (Å²) in [6.45, 7) is 10.2. The Bertz CT molecular complexity index is 1380. The second kappa shape index (κ2) is 9.63. The van der Waals surface area contributed by atoms with Crippen molar-refractivity contribution in [2.75, 3.05) is 11.9 Å². The van der Waals surface area contributed by atoms with Crippen molar-refractivity contribution in [3.05, 3.63) is 76.2 Å². The highest BCUT2D eigenvalue weighted by atomic mass is 19.1. The molecule has 2 heterocycles. The molecule has 0 bridgehead atoms. The lowest BCUT2D eigenvalue weighted by molar-refractivity contribution is -0.116. The number of rotatable bonds is 7. The van der Waals surface area contributed by atoms with Crippen LogP contribution in [-0.4, -0.2) is 27.3 Å². The number of aromatic nitrogens is 3. The van der Waals surface area contributed by atoms with E-state index in [2.05, 4.69) is 11.4 Å². The number of carbonyl (C=O) groups is 1. The second-order valence-corrected chi connectivity index (χ2v) is 8.50. The summed E-state index contributed by atoms with van der Waals surface area (Å²) in [6, 6.07) is 12.5. The van der Waals surface area contributed by atoms with Crippen molar-refractivity contribution >= 4 is 22.6 Å². The van der Waals surface area contributed by atoms with Crippen LogP contribution >= 0.6 is 0 Å². The first-order valence-electron chi connectivity index (χ1n) is 11.4. The van der Waals surface area contributed by atoms with E-state index in [1.165, 1.54) is 12.1 Å². The summed E-state index contributed by atoms with van der Waals surface area (Å²) < 4.78 is 21.3. The van der Waals surface area contributed by atoms with Crippen LogP contribution < -0.4 is 10.1 Å². The Balaban J connectivity index is 1.68. The minimum atomic E-state index is -0.383. The van der Waals surface area contributed by atoms with Crippen LogP contribution in [0.4, 0.5) is 10.1 Å². The third kappa shape index (κ3) is 4.64. The molecule has 7 heteroatoms. The summed E-state index contributed by atoms with van der Waals surface area (Å²) in [5.41, 5.74) is 6.84. The topological polar surface area (TPSA) is 69.0 Å². The molecule has 0 saturated heterocycles. The maximum absolute atomic E-state index is 13.6. The van der Waals surface area contributed by atoms with Crippen LogP contribution in [0.25, 0.3) is 16.7 Å². The molecule has 0 saturated carbocycles. The highest BCUT2D eigenvalue weighted by Gasteiger charge is 2.21. The number of ether oxygens (including phenoxy) is 1. The highest BCUT2D eigenvalue weighted by molar-refractivity contribution is 5.92. The van der Waals surface area contributed by atoms with Gasteiger partial charge in [0.05, 0.1) is 18.0 Å². The molecule has 0 unspecified atom stereocenters. The molecule has 34 heavy (non-hydrogen) atoms. The van der Waals surface area contributed by atoms with Crippen LogP contribution in [0.5, 0.6) is 5.88 Å². The Kier molecular flexibility index (Phi) is 6.63. The van der Waals surface area contributed by atoms with Crippen LogP contribution in [0.1, 0.15) is 41.3 Å². The lowest BCUT2D eigenvalue weighted by Crippen LogP contribution is -2.14. The minimum Gasteiger partial charge on any atom is -0.478 e. The number of fused-ring (bicyclic) bond motifs is 1. The lowest BCUT2D eigenvalue weighted by Gasteiger charge is -2.14. The van der Waals surface area contributed by atoms with Crippen molar-refractivity contribution in [1.82, 2.24) is 14.8 Å². The van der Waals surface area contributed by atoms with Crippen LogP contribution in [0.2, 0.25) is 0 Å². The van der Waals surface area contributed by atoms with E-state index in [0.717, 1.165) is 44.7 Å². The zero-order valence-corrected chi connectivity index (χ0v) is 20.2. The Morgan fingerprint density at radius 2 is 1.91 bits per heavy atom. The number of pyridine rings is 1. The minimum absolute atomic E-state index is 0.192. The van der Waals surface area contributed by atoms with Gasteiger partial charge in [-0.2, -0.15) is 10.1 Å². The van der Waals surface area contributed by atoms with Gasteiger partial charge < -0.3 is 10.1 Å². The van der Waals surface area contributed by atoms with E-state index in [0.29, 0.717) is 24.6 Å². The molecule has 1 N–H and O–H groups in total. The molecule has 0 radical (unpaired) electrons. The largest absolute Gasteiger partial charge is 0.478 e. The molecule has 176 valence electrons. The number of benzene rings is 2. The van der Waals surface area contributed by atoms with Gasteiger partial charge in [-0.25, -0.2) is 9.07 Å². The molecule has 0 aliphatic rings. The standard InChI is InChI=1S/C27H29FN4O2/c1-6-34-27-22(12-13-24(33)29-23-15-20(28)11-10-17(23)3)18(4)25-19(5)31-32(26(25)30-27)21-9-7-8-16(2)14-21/h7-11,14-15H,6,12-13H2,1-5H3,(H,29,33). The van der Waals surface area contributed by atoms with Crippen molar-refractivity contribution in [2.24, 2.45) is 0 Å². The molecule has 0 aliphatic carbocycles. The number of hydrogen-bond donors (Lipinski definition) is 1. The monoisotopic (exact) mass is 460 g/mol. The van der Waals surface area contributed by atoms with E-state index in [9.17, 15) is 9.18 Å².